The molecule has 0 bridgehead atoms. The Balaban J connectivity index is 1.22. The van der Waals surface area contributed by atoms with E-state index in [-0.39, 0.29) is 17.7 Å². The van der Waals surface area contributed by atoms with Gasteiger partial charge in [0.25, 0.3) is 0 Å². The van der Waals surface area contributed by atoms with Gasteiger partial charge in [0.15, 0.2) is 9.84 Å². The van der Waals surface area contributed by atoms with Crippen LogP contribution in [0.5, 0.6) is 0 Å². The van der Waals surface area contributed by atoms with E-state index in [2.05, 4.69) is 20.4 Å². The van der Waals surface area contributed by atoms with E-state index < -0.39 is 9.84 Å². The van der Waals surface area contributed by atoms with Gasteiger partial charge in [-0.25, -0.2) is 8.42 Å². The molecular formula is C22H26N4O4S2. The first-order chi connectivity index (χ1) is 15.4. The summed E-state index contributed by atoms with van der Waals surface area (Å²) in [6.45, 7) is 3.25. The Bertz CT molecular complexity index is 1130. The number of amides is 1. The molecule has 32 heavy (non-hydrogen) atoms. The molecule has 1 aliphatic heterocycles. The molecule has 1 amide bonds. The lowest BCUT2D eigenvalue weighted by Gasteiger charge is -2.34. The number of aromatic nitrogens is 2. The highest BCUT2D eigenvalue weighted by Gasteiger charge is 2.22. The Labute approximate surface area is 191 Å². The van der Waals surface area contributed by atoms with Gasteiger partial charge in [0.1, 0.15) is 0 Å². The fourth-order valence-corrected chi connectivity index (χ4v) is 5.20. The zero-order valence-corrected chi connectivity index (χ0v) is 19.5. The van der Waals surface area contributed by atoms with Gasteiger partial charge in [0, 0.05) is 48.6 Å². The first kappa shape index (κ1) is 22.5. The number of hydrogen-bond donors (Lipinski definition) is 1. The molecule has 1 aromatic carbocycles. The number of carbonyl (C=O) groups is 1. The van der Waals surface area contributed by atoms with Crippen molar-refractivity contribution >= 4 is 32.8 Å². The minimum Gasteiger partial charge on any atom is -0.421 e. The van der Waals surface area contributed by atoms with Crippen LogP contribution in [0.4, 0.5) is 5.69 Å². The van der Waals surface area contributed by atoms with Crippen LogP contribution in [0.1, 0.15) is 32.1 Å². The molecule has 0 aliphatic carbocycles. The summed E-state index contributed by atoms with van der Waals surface area (Å²) in [5, 5.41) is 15.0. The first-order valence-corrected chi connectivity index (χ1v) is 13.3. The minimum atomic E-state index is -3.18. The summed E-state index contributed by atoms with van der Waals surface area (Å²) in [6.07, 6.45) is 2.39. The Morgan fingerprint density at radius 2 is 1.94 bits per heavy atom. The molecule has 4 rings (SSSR count). The largest absolute Gasteiger partial charge is 0.421 e. The molecule has 1 saturated heterocycles. The molecule has 10 heteroatoms. The highest BCUT2D eigenvalue weighted by atomic mass is 32.2. The summed E-state index contributed by atoms with van der Waals surface area (Å²) in [7, 11) is -3.18. The number of thiophene rings is 1. The van der Waals surface area contributed by atoms with E-state index in [9.17, 15) is 13.2 Å². The number of piperidine rings is 1. The number of rotatable bonds is 8. The molecule has 8 nitrogen and oxygen atoms in total. The summed E-state index contributed by atoms with van der Waals surface area (Å²) in [6, 6.07) is 9.10. The minimum absolute atomic E-state index is 0.0205. The number of anilines is 1. The molecular weight excluding hydrogens is 448 g/mol. The second-order valence-corrected chi connectivity index (χ2v) is 10.8. The van der Waals surface area contributed by atoms with Crippen molar-refractivity contribution in [1.29, 1.82) is 0 Å². The molecule has 0 saturated carbocycles. The molecule has 0 unspecified atom stereocenters. The van der Waals surface area contributed by atoms with Crippen molar-refractivity contribution in [1.82, 2.24) is 15.5 Å². The SMILES string of the molecule is CCS(=O)(=O)c1ccc(N2CCC(NC(=O)CCc3nnc(-c4ccsc4)o3)CC2)cc1. The van der Waals surface area contributed by atoms with Gasteiger partial charge in [-0.3, -0.25) is 4.79 Å². The van der Waals surface area contributed by atoms with Crippen molar-refractivity contribution in [3.8, 4) is 11.5 Å². The van der Waals surface area contributed by atoms with Crippen LogP contribution in [0.15, 0.2) is 50.4 Å². The van der Waals surface area contributed by atoms with Crippen LogP contribution in [-0.2, 0) is 21.1 Å². The number of nitrogens with one attached hydrogen (secondary N) is 1. The van der Waals surface area contributed by atoms with Crippen LogP contribution in [0.2, 0.25) is 0 Å². The molecule has 0 radical (unpaired) electrons. The van der Waals surface area contributed by atoms with E-state index in [0.29, 0.717) is 29.5 Å². The maximum absolute atomic E-state index is 12.4. The predicted molar refractivity (Wildman–Crippen MR) is 123 cm³/mol. The third kappa shape index (κ3) is 5.36. The number of benzene rings is 1. The van der Waals surface area contributed by atoms with Crippen LogP contribution in [0.25, 0.3) is 11.5 Å². The maximum Gasteiger partial charge on any atom is 0.248 e. The average Bonchev–Trinajstić information content (AvgIpc) is 3.50. The second-order valence-electron chi connectivity index (χ2n) is 7.74. The van der Waals surface area contributed by atoms with Crippen LogP contribution >= 0.6 is 11.3 Å². The molecule has 1 fully saturated rings. The molecule has 1 aliphatic rings. The first-order valence-electron chi connectivity index (χ1n) is 10.7. The van der Waals surface area contributed by atoms with Gasteiger partial charge >= 0.3 is 0 Å². The highest BCUT2D eigenvalue weighted by Crippen LogP contribution is 2.23. The van der Waals surface area contributed by atoms with Crippen molar-refractivity contribution in [2.45, 2.75) is 43.5 Å². The second kappa shape index (κ2) is 9.83. The van der Waals surface area contributed by atoms with Crippen LogP contribution in [-0.4, -0.2) is 49.4 Å². The number of hydrogen-bond acceptors (Lipinski definition) is 8. The number of aryl methyl sites for hydroxylation is 1. The topological polar surface area (TPSA) is 105 Å². The molecule has 3 aromatic rings. The smallest absolute Gasteiger partial charge is 0.248 e. The van der Waals surface area contributed by atoms with E-state index in [1.165, 1.54) is 0 Å². The van der Waals surface area contributed by atoms with Crippen molar-refractivity contribution < 1.29 is 17.6 Å². The summed E-state index contributed by atoms with van der Waals surface area (Å²) in [4.78, 5) is 14.9. The van der Waals surface area contributed by atoms with Crippen LogP contribution < -0.4 is 10.2 Å². The van der Waals surface area contributed by atoms with E-state index >= 15 is 0 Å². The maximum atomic E-state index is 12.4. The summed E-state index contributed by atoms with van der Waals surface area (Å²) >= 11 is 1.56. The van der Waals surface area contributed by atoms with Crippen LogP contribution in [0, 0.1) is 0 Å². The Hall–Kier alpha value is -2.72. The van der Waals surface area contributed by atoms with Gasteiger partial charge in [-0.1, -0.05) is 6.92 Å². The quantitative estimate of drug-likeness (QED) is 0.534. The lowest BCUT2D eigenvalue weighted by molar-refractivity contribution is -0.122. The number of carbonyl (C=O) groups excluding carboxylic acids is 1. The van der Waals surface area contributed by atoms with E-state index in [1.54, 1.807) is 30.4 Å². The van der Waals surface area contributed by atoms with Gasteiger partial charge in [-0.15, -0.1) is 10.2 Å². The van der Waals surface area contributed by atoms with Gasteiger partial charge in [0.05, 0.1) is 10.6 Å². The summed E-state index contributed by atoms with van der Waals surface area (Å²) in [5.41, 5.74) is 1.90. The highest BCUT2D eigenvalue weighted by molar-refractivity contribution is 7.91. The van der Waals surface area contributed by atoms with E-state index in [0.717, 1.165) is 37.2 Å². The molecule has 2 aromatic heterocycles. The van der Waals surface area contributed by atoms with Crippen molar-refractivity contribution in [2.75, 3.05) is 23.7 Å². The standard InChI is InChI=1S/C22H26N4O4S2/c1-2-32(28,29)19-5-3-18(4-6-19)26-12-9-17(10-13-26)23-20(27)7-8-21-24-25-22(30-21)16-11-14-31-15-16/h3-6,11,14-15,17H,2,7-10,12-13H2,1H3,(H,23,27). The zero-order chi connectivity index (χ0) is 22.6. The van der Waals surface area contributed by atoms with E-state index in [1.807, 2.05) is 29.0 Å². The predicted octanol–water partition coefficient (Wildman–Crippen LogP) is 3.31. The fraction of sp³-hybridized carbons (Fsp3) is 0.409. The lowest BCUT2D eigenvalue weighted by Crippen LogP contribution is -2.44. The fourth-order valence-electron chi connectivity index (χ4n) is 3.69. The normalized spacial score (nSPS) is 15.1. The Morgan fingerprint density at radius 3 is 2.59 bits per heavy atom. The molecule has 170 valence electrons. The Morgan fingerprint density at radius 1 is 1.19 bits per heavy atom. The third-order valence-corrected chi connectivity index (χ3v) is 8.04. The number of nitrogens with zero attached hydrogens (tertiary/aromatic N) is 3. The van der Waals surface area contributed by atoms with Crippen molar-refractivity contribution in [3.05, 3.63) is 47.0 Å². The summed E-state index contributed by atoms with van der Waals surface area (Å²) < 4.78 is 29.6. The van der Waals surface area contributed by atoms with Crippen molar-refractivity contribution in [3.63, 3.8) is 0 Å². The van der Waals surface area contributed by atoms with Crippen LogP contribution in [0.3, 0.4) is 0 Å². The van der Waals surface area contributed by atoms with Gasteiger partial charge in [-0.2, -0.15) is 11.3 Å². The molecule has 0 spiro atoms. The Kier molecular flexibility index (Phi) is 6.90. The molecule has 0 atom stereocenters. The molecule has 3 heterocycles. The van der Waals surface area contributed by atoms with Gasteiger partial charge in [0.2, 0.25) is 17.7 Å². The van der Waals surface area contributed by atoms with Crippen molar-refractivity contribution in [2.24, 2.45) is 0 Å². The van der Waals surface area contributed by atoms with Gasteiger partial charge < -0.3 is 14.6 Å². The summed E-state index contributed by atoms with van der Waals surface area (Å²) in [5.74, 6) is 1.02. The van der Waals surface area contributed by atoms with E-state index in [4.69, 9.17) is 4.42 Å². The molecule has 1 N–H and O–H groups in total. The third-order valence-electron chi connectivity index (χ3n) is 5.60. The lowest BCUT2D eigenvalue weighted by atomic mass is 10.0. The monoisotopic (exact) mass is 474 g/mol. The van der Waals surface area contributed by atoms with Gasteiger partial charge in [-0.05, 0) is 48.6 Å². The average molecular weight is 475 g/mol. The number of sulfone groups is 1. The zero-order valence-electron chi connectivity index (χ0n) is 17.9.